The van der Waals surface area contributed by atoms with Crippen molar-refractivity contribution in [3.05, 3.63) is 35.6 Å². The van der Waals surface area contributed by atoms with Gasteiger partial charge in [-0.3, -0.25) is 11.3 Å². The lowest BCUT2D eigenvalue weighted by Gasteiger charge is -2.13. The van der Waals surface area contributed by atoms with Crippen molar-refractivity contribution in [2.75, 3.05) is 0 Å². The van der Waals surface area contributed by atoms with Crippen LogP contribution in [0.1, 0.15) is 24.9 Å². The van der Waals surface area contributed by atoms with Gasteiger partial charge in [0, 0.05) is 11.6 Å². The molecule has 3 N–H and O–H groups in total. The second kappa shape index (κ2) is 4.18. The minimum absolute atomic E-state index is 0.0915. The molecule has 2 nitrogen and oxygen atoms in total. The van der Waals surface area contributed by atoms with Gasteiger partial charge in [0.1, 0.15) is 5.82 Å². The average Bonchev–Trinajstić information content (AvgIpc) is 2.10. The average molecular weight is 168 g/mol. The van der Waals surface area contributed by atoms with Gasteiger partial charge in [0.25, 0.3) is 0 Å². The van der Waals surface area contributed by atoms with E-state index in [1.54, 1.807) is 18.2 Å². The van der Waals surface area contributed by atoms with E-state index in [-0.39, 0.29) is 11.9 Å². The van der Waals surface area contributed by atoms with E-state index in [1.807, 2.05) is 6.92 Å². The SMILES string of the molecule is CC[C@@H](NN)c1ccccc1F. The van der Waals surface area contributed by atoms with E-state index in [0.29, 0.717) is 5.56 Å². The number of benzene rings is 1. The van der Waals surface area contributed by atoms with Crippen LogP contribution in [0.4, 0.5) is 4.39 Å². The molecule has 1 aromatic rings. The highest BCUT2D eigenvalue weighted by Gasteiger charge is 2.10. The molecular formula is C9H13FN2. The van der Waals surface area contributed by atoms with Crippen LogP contribution >= 0.6 is 0 Å². The van der Waals surface area contributed by atoms with Gasteiger partial charge < -0.3 is 0 Å². The van der Waals surface area contributed by atoms with Crippen molar-refractivity contribution < 1.29 is 4.39 Å². The second-order valence-electron chi connectivity index (χ2n) is 2.65. The molecule has 0 amide bonds. The largest absolute Gasteiger partial charge is 0.271 e. The van der Waals surface area contributed by atoms with Crippen LogP contribution in [-0.2, 0) is 0 Å². The highest BCUT2D eigenvalue weighted by atomic mass is 19.1. The zero-order valence-corrected chi connectivity index (χ0v) is 7.05. The van der Waals surface area contributed by atoms with Crippen molar-refractivity contribution in [2.24, 2.45) is 5.84 Å². The van der Waals surface area contributed by atoms with E-state index in [4.69, 9.17) is 5.84 Å². The molecule has 0 radical (unpaired) electrons. The van der Waals surface area contributed by atoms with Gasteiger partial charge in [-0.25, -0.2) is 4.39 Å². The molecule has 1 rings (SSSR count). The molecule has 3 heteroatoms. The molecule has 1 aromatic carbocycles. The fourth-order valence-corrected chi connectivity index (χ4v) is 1.19. The number of hydrogen-bond acceptors (Lipinski definition) is 2. The summed E-state index contributed by atoms with van der Waals surface area (Å²) in [4.78, 5) is 0. The summed E-state index contributed by atoms with van der Waals surface area (Å²) in [5.41, 5.74) is 3.20. The van der Waals surface area contributed by atoms with E-state index in [2.05, 4.69) is 5.43 Å². The Labute approximate surface area is 71.6 Å². The first-order valence-corrected chi connectivity index (χ1v) is 4.00. The fourth-order valence-electron chi connectivity index (χ4n) is 1.19. The minimum Gasteiger partial charge on any atom is -0.271 e. The van der Waals surface area contributed by atoms with Crippen LogP contribution in [0.3, 0.4) is 0 Å². The van der Waals surface area contributed by atoms with E-state index < -0.39 is 0 Å². The molecule has 0 heterocycles. The third kappa shape index (κ3) is 1.81. The molecule has 0 unspecified atom stereocenters. The Morgan fingerprint density at radius 2 is 2.17 bits per heavy atom. The number of rotatable bonds is 3. The number of nitrogens with one attached hydrogen (secondary N) is 1. The van der Waals surface area contributed by atoms with Gasteiger partial charge in [0.2, 0.25) is 0 Å². The first kappa shape index (κ1) is 9.16. The Balaban J connectivity index is 2.92. The molecule has 0 saturated heterocycles. The van der Waals surface area contributed by atoms with Gasteiger partial charge in [-0.05, 0) is 12.5 Å². The third-order valence-corrected chi connectivity index (χ3v) is 1.89. The monoisotopic (exact) mass is 168 g/mol. The van der Waals surface area contributed by atoms with Gasteiger partial charge in [-0.2, -0.15) is 0 Å². The molecule has 1 atom stereocenters. The van der Waals surface area contributed by atoms with Crippen molar-refractivity contribution >= 4 is 0 Å². The molecule has 0 bridgehead atoms. The van der Waals surface area contributed by atoms with Crippen LogP contribution in [0, 0.1) is 5.82 Å². The summed E-state index contributed by atoms with van der Waals surface area (Å²) in [7, 11) is 0. The predicted molar refractivity (Wildman–Crippen MR) is 46.8 cm³/mol. The van der Waals surface area contributed by atoms with Crippen molar-refractivity contribution in [2.45, 2.75) is 19.4 Å². The lowest BCUT2D eigenvalue weighted by Crippen LogP contribution is -2.28. The number of halogens is 1. The van der Waals surface area contributed by atoms with E-state index in [0.717, 1.165) is 6.42 Å². The molecule has 0 aliphatic carbocycles. The topological polar surface area (TPSA) is 38.0 Å². The maximum absolute atomic E-state index is 13.1. The van der Waals surface area contributed by atoms with Crippen LogP contribution in [0.15, 0.2) is 24.3 Å². The Morgan fingerprint density at radius 1 is 1.50 bits per heavy atom. The standard InChI is InChI=1S/C9H13FN2/c1-2-9(12-11)7-5-3-4-6-8(7)10/h3-6,9,12H,2,11H2,1H3/t9-/m1/s1. The summed E-state index contributed by atoms with van der Waals surface area (Å²) >= 11 is 0. The Morgan fingerprint density at radius 3 is 2.67 bits per heavy atom. The number of hydrazine groups is 1. The third-order valence-electron chi connectivity index (χ3n) is 1.89. The molecule has 12 heavy (non-hydrogen) atoms. The molecule has 0 aliphatic heterocycles. The lowest BCUT2D eigenvalue weighted by molar-refractivity contribution is 0.501. The number of hydrogen-bond donors (Lipinski definition) is 2. The summed E-state index contributed by atoms with van der Waals surface area (Å²) in [5.74, 6) is 5.06. The van der Waals surface area contributed by atoms with Gasteiger partial charge >= 0.3 is 0 Å². The first-order valence-electron chi connectivity index (χ1n) is 4.00. The normalized spacial score (nSPS) is 12.9. The summed E-state index contributed by atoms with van der Waals surface area (Å²) in [6.07, 6.45) is 0.775. The number of nitrogens with two attached hydrogens (primary N) is 1. The first-order chi connectivity index (χ1) is 5.79. The van der Waals surface area contributed by atoms with Crippen molar-refractivity contribution in [1.29, 1.82) is 0 Å². The van der Waals surface area contributed by atoms with Crippen LogP contribution in [-0.4, -0.2) is 0 Å². The van der Waals surface area contributed by atoms with Crippen LogP contribution in [0.25, 0.3) is 0 Å². The van der Waals surface area contributed by atoms with E-state index in [9.17, 15) is 4.39 Å². The fraction of sp³-hybridized carbons (Fsp3) is 0.333. The second-order valence-corrected chi connectivity index (χ2v) is 2.65. The maximum atomic E-state index is 13.1. The Hall–Kier alpha value is -0.930. The summed E-state index contributed by atoms with van der Waals surface area (Å²) in [6, 6.07) is 6.56. The quantitative estimate of drug-likeness (QED) is 0.533. The van der Waals surface area contributed by atoms with Crippen LogP contribution in [0.2, 0.25) is 0 Å². The van der Waals surface area contributed by atoms with Gasteiger partial charge in [-0.1, -0.05) is 25.1 Å². The van der Waals surface area contributed by atoms with Crippen LogP contribution < -0.4 is 11.3 Å². The smallest absolute Gasteiger partial charge is 0.128 e. The molecule has 0 fully saturated rings. The predicted octanol–water partition coefficient (Wildman–Crippen LogP) is 1.74. The molecule has 0 aliphatic rings. The summed E-state index contributed by atoms with van der Waals surface area (Å²) in [6.45, 7) is 1.96. The lowest BCUT2D eigenvalue weighted by atomic mass is 10.1. The Bertz CT molecular complexity index is 246. The van der Waals surface area contributed by atoms with Crippen molar-refractivity contribution in [1.82, 2.24) is 5.43 Å². The zero-order valence-electron chi connectivity index (χ0n) is 7.05. The van der Waals surface area contributed by atoms with E-state index >= 15 is 0 Å². The maximum Gasteiger partial charge on any atom is 0.128 e. The van der Waals surface area contributed by atoms with Gasteiger partial charge in [-0.15, -0.1) is 0 Å². The molecule has 0 aromatic heterocycles. The highest BCUT2D eigenvalue weighted by molar-refractivity contribution is 5.20. The molecule has 0 spiro atoms. The van der Waals surface area contributed by atoms with Crippen molar-refractivity contribution in [3.8, 4) is 0 Å². The zero-order chi connectivity index (χ0) is 8.97. The summed E-state index contributed by atoms with van der Waals surface area (Å²) < 4.78 is 13.1. The molecule has 0 saturated carbocycles. The highest BCUT2D eigenvalue weighted by Crippen LogP contribution is 2.18. The van der Waals surface area contributed by atoms with Gasteiger partial charge in [0.05, 0.1) is 0 Å². The van der Waals surface area contributed by atoms with Crippen LogP contribution in [0.5, 0.6) is 0 Å². The summed E-state index contributed by atoms with van der Waals surface area (Å²) in [5, 5.41) is 0. The molecule has 66 valence electrons. The van der Waals surface area contributed by atoms with Gasteiger partial charge in [0.15, 0.2) is 0 Å². The Kier molecular flexibility index (Phi) is 3.19. The van der Waals surface area contributed by atoms with E-state index in [1.165, 1.54) is 6.07 Å². The van der Waals surface area contributed by atoms with Crippen molar-refractivity contribution in [3.63, 3.8) is 0 Å². The minimum atomic E-state index is -0.206. The molecular weight excluding hydrogens is 155 g/mol.